The maximum absolute atomic E-state index is 11.6. The van der Waals surface area contributed by atoms with E-state index < -0.39 is 234 Å². The van der Waals surface area contributed by atoms with Crippen LogP contribution in [-0.2, 0) is 71.4 Å². The Balaban J connectivity index is 0.00000825. The van der Waals surface area contributed by atoms with Gasteiger partial charge in [0.15, 0.2) is 37.7 Å². The molecule has 0 aliphatic carbocycles. The van der Waals surface area contributed by atoms with E-state index in [4.69, 9.17) is 56.8 Å². The number of ether oxygens (including phenoxy) is 12. The van der Waals surface area contributed by atoms with E-state index in [-0.39, 0.29) is 6.15 Å². The van der Waals surface area contributed by atoms with Crippen LogP contribution in [0.3, 0.4) is 0 Å². The monoisotopic (exact) mass is 1070 g/mol. The van der Waals surface area contributed by atoms with Crippen LogP contribution in [0.4, 0.5) is 0 Å². The summed E-state index contributed by atoms with van der Waals surface area (Å²) >= 11 is 0. The first-order valence-electron chi connectivity index (χ1n) is 21.8. The van der Waals surface area contributed by atoms with E-state index in [1.165, 1.54) is 0 Å². The molecule has 22 fully saturated rings. The minimum atomic E-state index is -5.31. The van der Waals surface area contributed by atoms with Crippen LogP contribution in [0.25, 0.3) is 0 Å². The second kappa shape index (κ2) is 24.3. The lowest BCUT2D eigenvalue weighted by molar-refractivity contribution is -0.403. The number of aliphatic hydroxyl groups is 17. The van der Waals surface area contributed by atoms with Crippen LogP contribution in [0.5, 0.6) is 0 Å². The third-order valence-corrected chi connectivity index (χ3v) is 13.3. The summed E-state index contributed by atoms with van der Waals surface area (Å²) in [5.74, 6) is 0. The lowest BCUT2D eigenvalue weighted by Gasteiger charge is -2.50. The average Bonchev–Trinajstić information content (AvgIpc) is 3.33. The highest BCUT2D eigenvalue weighted by molar-refractivity contribution is 7.80. The van der Waals surface area contributed by atoms with Gasteiger partial charge in [-0.25, -0.2) is 4.18 Å². The lowest BCUT2D eigenvalue weighted by atomic mass is 9.94. The van der Waals surface area contributed by atoms with Crippen molar-refractivity contribution in [2.45, 2.75) is 184 Å². The molecule has 35 heteroatoms. The topological polar surface area (TPSA) is 553 Å². The molecule has 0 aromatic rings. The van der Waals surface area contributed by atoms with Gasteiger partial charge in [-0.1, -0.05) is 0 Å². The smallest absolute Gasteiger partial charge is 0.394 e. The van der Waals surface area contributed by atoms with Crippen LogP contribution >= 0.6 is 0 Å². The minimum absolute atomic E-state index is 0. The van der Waals surface area contributed by atoms with Crippen molar-refractivity contribution in [3.8, 4) is 0 Å². The van der Waals surface area contributed by atoms with Gasteiger partial charge < -0.3 is 150 Å². The molecule has 22 aliphatic heterocycles. The van der Waals surface area contributed by atoms with Crippen molar-refractivity contribution in [1.29, 1.82) is 0 Å². The highest BCUT2D eigenvalue weighted by Gasteiger charge is 2.59. The standard InChI is InChI=1S/C36H60O33S.H3N/c37-1-7-25-13(42)19(48)31(58-7)65-26-8(2-38)60-33(21(50)15(26)44)67-28-10(4-40)62-35(23(52)17(28)46)69-30-12(6-57-70(54,55)56)63-36(24(53)18(30)47)68-29-11(5-41)61-34(22(51)16(29)45)66-27-9(3-39)59-32(64-25)20(49)14(27)43;/h7-53H,1-6H2,(H,54,55,56);1H3/t7-,8-,9-,10-,11-,12-,13-,14-,15-,16-,17-,18-,19-,20-,21-,22-,23-,24-,25-,26-,27-,28-,29-,30-,31-,32-,33-,34-,35-,36-;/m1./s1. The molecule has 0 aromatic carbocycles. The fourth-order valence-electron chi connectivity index (χ4n) is 9.07. The van der Waals surface area contributed by atoms with Gasteiger partial charge in [-0.15, -0.1) is 0 Å². The normalized spacial score (nSPS) is 52.4. The van der Waals surface area contributed by atoms with E-state index in [0.717, 1.165) is 0 Å². The molecule has 22 aliphatic rings. The molecule has 0 spiro atoms. The molecule has 12 bridgehead atoms. The summed E-state index contributed by atoms with van der Waals surface area (Å²) < 4.78 is 105. The summed E-state index contributed by atoms with van der Waals surface area (Å²) in [6.45, 7) is -6.57. The van der Waals surface area contributed by atoms with Gasteiger partial charge in [-0.05, 0) is 0 Å². The van der Waals surface area contributed by atoms with Gasteiger partial charge in [0.2, 0.25) is 0 Å². The van der Waals surface area contributed by atoms with Crippen LogP contribution < -0.4 is 6.15 Å². The number of rotatable bonds is 8. The molecule has 0 radical (unpaired) electrons. The van der Waals surface area contributed by atoms with Gasteiger partial charge in [-0.3, -0.25) is 4.55 Å². The van der Waals surface area contributed by atoms with E-state index in [0.29, 0.717) is 0 Å². The Bertz CT molecular complexity index is 1770. The third-order valence-electron chi connectivity index (χ3n) is 12.9. The fourth-order valence-corrected chi connectivity index (χ4v) is 9.37. The molecule has 0 amide bonds. The van der Waals surface area contributed by atoms with Crippen LogP contribution in [-0.4, -0.2) is 324 Å². The summed E-state index contributed by atoms with van der Waals surface area (Å²) in [4.78, 5) is 0. The van der Waals surface area contributed by atoms with Crippen molar-refractivity contribution in [3.05, 3.63) is 0 Å². The summed E-state index contributed by atoms with van der Waals surface area (Å²) in [6.07, 6.45) is -61.6. The van der Waals surface area contributed by atoms with Crippen LogP contribution in [0.2, 0.25) is 0 Å². The van der Waals surface area contributed by atoms with Crippen LogP contribution in [0.1, 0.15) is 0 Å². The molecule has 0 unspecified atom stereocenters. The third kappa shape index (κ3) is 12.1. The molecular weight excluding hydrogens is 1010 g/mol. The Morgan fingerprint density at radius 3 is 0.634 bits per heavy atom. The highest BCUT2D eigenvalue weighted by Crippen LogP contribution is 2.38. The average molecular weight is 1070 g/mol. The molecule has 0 saturated carbocycles. The molecular formula is C36H63NO33S. The number of hydrogen-bond donors (Lipinski definition) is 19. The molecule has 30 atom stereocenters. The van der Waals surface area contributed by atoms with Crippen molar-refractivity contribution in [3.63, 3.8) is 0 Å². The Kier molecular flexibility index (Phi) is 20.2. The maximum Gasteiger partial charge on any atom is 0.397 e. The lowest BCUT2D eigenvalue weighted by Crippen LogP contribution is -2.69. The molecule has 22 saturated heterocycles. The first-order chi connectivity index (χ1) is 33.1. The van der Waals surface area contributed by atoms with E-state index >= 15 is 0 Å². The Morgan fingerprint density at radius 1 is 0.296 bits per heavy atom. The van der Waals surface area contributed by atoms with Crippen molar-refractivity contribution in [1.82, 2.24) is 6.15 Å². The molecule has 34 nitrogen and oxygen atoms in total. The molecule has 22 rings (SSSR count). The van der Waals surface area contributed by atoms with Gasteiger partial charge in [0.05, 0.1) is 39.6 Å². The maximum atomic E-state index is 11.6. The van der Waals surface area contributed by atoms with Crippen molar-refractivity contribution >= 4 is 10.4 Å². The summed E-state index contributed by atoms with van der Waals surface area (Å²) in [5.41, 5.74) is 0. The minimum Gasteiger partial charge on any atom is -0.394 e. The van der Waals surface area contributed by atoms with Gasteiger partial charge in [-0.2, -0.15) is 8.42 Å². The molecule has 21 N–H and O–H groups in total. The van der Waals surface area contributed by atoms with E-state index in [9.17, 15) is 99.8 Å². The second-order valence-corrected chi connectivity index (χ2v) is 18.5. The fraction of sp³-hybridized carbons (Fsp3) is 1.00. The predicted octanol–water partition coefficient (Wildman–Crippen LogP) is -13.1. The molecule has 0 aromatic heterocycles. The van der Waals surface area contributed by atoms with E-state index in [1.807, 2.05) is 0 Å². The quantitative estimate of drug-likeness (QED) is 0.100. The van der Waals surface area contributed by atoms with Crippen molar-refractivity contribution in [2.24, 2.45) is 0 Å². The first kappa shape index (κ1) is 58.9. The van der Waals surface area contributed by atoms with Gasteiger partial charge >= 0.3 is 10.4 Å². The summed E-state index contributed by atoms with van der Waals surface area (Å²) in [7, 11) is -5.31. The highest BCUT2D eigenvalue weighted by atomic mass is 32.3. The zero-order chi connectivity index (χ0) is 51.3. The SMILES string of the molecule is N.O=S(=O)(O)OC[C@H]1O[C@@H]2O[C@H]3[C@H](O)[C@@H](O)[C@@H](O[C@H]4[C@H](O)[C@@H](O)[C@@H](O[C@H]5[C@H](O)[C@@H](O)[C@@H](O[C@H]6[C@H](O)[C@@H](O)[C@@H](O[C@H]7[C@H](O)[C@@H](O)[C@@H](O[C@H]1[C@H](O)[C@H]2O)O[C@@H]7CO)O[C@@H]6CO)O[C@@H]5CO)O[C@@H]4CO)O[C@@H]3CO. The summed E-state index contributed by atoms with van der Waals surface area (Å²) in [6, 6.07) is 0. The van der Waals surface area contributed by atoms with Crippen LogP contribution in [0, 0.1) is 0 Å². The zero-order valence-corrected chi connectivity index (χ0v) is 37.7. The van der Waals surface area contributed by atoms with Crippen molar-refractivity contribution < 1.29 is 161 Å². The second-order valence-electron chi connectivity index (χ2n) is 17.4. The molecule has 71 heavy (non-hydrogen) atoms. The zero-order valence-electron chi connectivity index (χ0n) is 36.9. The molecule has 22 heterocycles. The largest absolute Gasteiger partial charge is 0.397 e. The Hall–Kier alpha value is -1.33. The van der Waals surface area contributed by atoms with E-state index in [1.54, 1.807) is 0 Å². The number of hydrogen-bond acceptors (Lipinski definition) is 33. The van der Waals surface area contributed by atoms with Gasteiger partial charge in [0, 0.05) is 0 Å². The van der Waals surface area contributed by atoms with E-state index in [2.05, 4.69) is 4.18 Å². The predicted molar refractivity (Wildman–Crippen MR) is 211 cm³/mol. The van der Waals surface area contributed by atoms with Crippen LogP contribution in [0.15, 0.2) is 0 Å². The van der Waals surface area contributed by atoms with Gasteiger partial charge in [0.25, 0.3) is 0 Å². The Labute approximate surface area is 400 Å². The summed E-state index contributed by atoms with van der Waals surface area (Å²) in [5, 5.41) is 186. The Morgan fingerprint density at radius 2 is 0.465 bits per heavy atom. The van der Waals surface area contributed by atoms with Gasteiger partial charge in [0.1, 0.15) is 146 Å². The first-order valence-corrected chi connectivity index (χ1v) is 23.1. The molecule has 416 valence electrons. The number of aliphatic hydroxyl groups excluding tert-OH is 17. The van der Waals surface area contributed by atoms with Crippen molar-refractivity contribution in [2.75, 3.05) is 39.6 Å².